The van der Waals surface area contributed by atoms with Crippen molar-refractivity contribution in [1.82, 2.24) is 0 Å². The molecule has 27 heavy (non-hydrogen) atoms. The van der Waals surface area contributed by atoms with Crippen LogP contribution in [0.4, 0.5) is 5.69 Å². The summed E-state index contributed by atoms with van der Waals surface area (Å²) in [6.07, 6.45) is 0. The van der Waals surface area contributed by atoms with E-state index in [0.717, 1.165) is 17.0 Å². The van der Waals surface area contributed by atoms with Gasteiger partial charge >= 0.3 is 0 Å². The standard InChI is InChI=1S/C22H18ClNO2S/c1-15-3-2-4-16(13-15)22-24(21(25)14-27-22)18-7-11-20(12-8-18)26-19-9-5-17(23)6-10-19/h2-13,22H,14H2,1H3. The number of ether oxygens (including phenoxy) is 1. The Morgan fingerprint density at radius 3 is 2.33 bits per heavy atom. The zero-order valence-corrected chi connectivity index (χ0v) is 16.3. The molecule has 0 aromatic heterocycles. The summed E-state index contributed by atoms with van der Waals surface area (Å²) in [5.74, 6) is 2.05. The Labute approximate surface area is 167 Å². The van der Waals surface area contributed by atoms with E-state index in [0.29, 0.717) is 16.5 Å². The summed E-state index contributed by atoms with van der Waals surface area (Å²) in [6, 6.07) is 23.2. The van der Waals surface area contributed by atoms with Crippen LogP contribution in [0.5, 0.6) is 11.5 Å². The van der Waals surface area contributed by atoms with Crippen LogP contribution in [-0.4, -0.2) is 11.7 Å². The van der Waals surface area contributed by atoms with Gasteiger partial charge in [0.1, 0.15) is 16.9 Å². The van der Waals surface area contributed by atoms with Gasteiger partial charge in [0.15, 0.2) is 0 Å². The molecule has 3 aromatic carbocycles. The van der Waals surface area contributed by atoms with Gasteiger partial charge in [0.2, 0.25) is 5.91 Å². The van der Waals surface area contributed by atoms with Gasteiger partial charge in [-0.1, -0.05) is 41.4 Å². The maximum atomic E-state index is 12.5. The van der Waals surface area contributed by atoms with E-state index in [1.807, 2.05) is 47.4 Å². The Bertz CT molecular complexity index is 957. The first kappa shape index (κ1) is 18.0. The number of aryl methyl sites for hydroxylation is 1. The van der Waals surface area contributed by atoms with E-state index >= 15 is 0 Å². The monoisotopic (exact) mass is 395 g/mol. The number of halogens is 1. The molecule has 0 N–H and O–H groups in total. The van der Waals surface area contributed by atoms with Crippen molar-refractivity contribution in [3.63, 3.8) is 0 Å². The van der Waals surface area contributed by atoms with E-state index in [4.69, 9.17) is 16.3 Å². The fourth-order valence-corrected chi connectivity index (χ4v) is 4.38. The van der Waals surface area contributed by atoms with Crippen molar-refractivity contribution in [2.24, 2.45) is 0 Å². The number of hydrogen-bond donors (Lipinski definition) is 0. The van der Waals surface area contributed by atoms with Crippen molar-refractivity contribution in [3.05, 3.63) is 88.9 Å². The van der Waals surface area contributed by atoms with Crippen molar-refractivity contribution < 1.29 is 9.53 Å². The van der Waals surface area contributed by atoms with Crippen molar-refractivity contribution in [2.45, 2.75) is 12.3 Å². The molecule has 4 rings (SSSR count). The smallest absolute Gasteiger partial charge is 0.238 e. The molecule has 136 valence electrons. The lowest BCUT2D eigenvalue weighted by molar-refractivity contribution is -0.115. The van der Waals surface area contributed by atoms with Crippen molar-refractivity contribution >= 4 is 35.0 Å². The zero-order chi connectivity index (χ0) is 18.8. The van der Waals surface area contributed by atoms with Gasteiger partial charge in [-0.05, 0) is 61.0 Å². The molecule has 0 aliphatic carbocycles. The molecule has 1 fully saturated rings. The van der Waals surface area contributed by atoms with Crippen molar-refractivity contribution in [3.8, 4) is 11.5 Å². The van der Waals surface area contributed by atoms with E-state index in [2.05, 4.69) is 25.1 Å². The molecule has 1 heterocycles. The van der Waals surface area contributed by atoms with Crippen LogP contribution in [0.2, 0.25) is 5.02 Å². The first-order chi connectivity index (χ1) is 13.1. The molecule has 0 radical (unpaired) electrons. The SMILES string of the molecule is Cc1cccc(C2SCC(=O)N2c2ccc(Oc3ccc(Cl)cc3)cc2)c1. The number of anilines is 1. The van der Waals surface area contributed by atoms with Crippen LogP contribution in [0.3, 0.4) is 0 Å². The number of carbonyl (C=O) groups excluding carboxylic acids is 1. The van der Waals surface area contributed by atoms with Crippen molar-refractivity contribution in [2.75, 3.05) is 10.7 Å². The summed E-state index contributed by atoms with van der Waals surface area (Å²) < 4.78 is 5.84. The van der Waals surface area contributed by atoms with Gasteiger partial charge < -0.3 is 4.74 Å². The van der Waals surface area contributed by atoms with Crippen LogP contribution < -0.4 is 9.64 Å². The molecule has 1 unspecified atom stereocenters. The van der Waals surface area contributed by atoms with E-state index in [1.165, 1.54) is 5.56 Å². The lowest BCUT2D eigenvalue weighted by Crippen LogP contribution is -2.27. The van der Waals surface area contributed by atoms with Gasteiger partial charge in [0, 0.05) is 10.7 Å². The topological polar surface area (TPSA) is 29.5 Å². The minimum Gasteiger partial charge on any atom is -0.457 e. The number of thioether (sulfide) groups is 1. The minimum absolute atomic E-state index is 0.000401. The Morgan fingerprint density at radius 1 is 1.00 bits per heavy atom. The van der Waals surface area contributed by atoms with Crippen LogP contribution in [0.25, 0.3) is 0 Å². The van der Waals surface area contributed by atoms with Gasteiger partial charge in [-0.15, -0.1) is 11.8 Å². The highest BCUT2D eigenvalue weighted by Crippen LogP contribution is 2.42. The maximum absolute atomic E-state index is 12.5. The van der Waals surface area contributed by atoms with Crippen molar-refractivity contribution in [1.29, 1.82) is 0 Å². The third-order valence-electron chi connectivity index (χ3n) is 4.36. The first-order valence-corrected chi connectivity index (χ1v) is 10.1. The molecule has 3 nitrogen and oxygen atoms in total. The van der Waals surface area contributed by atoms with Gasteiger partial charge in [0.05, 0.1) is 5.75 Å². The molecule has 1 amide bonds. The summed E-state index contributed by atoms with van der Waals surface area (Å²) in [5.41, 5.74) is 3.21. The highest BCUT2D eigenvalue weighted by Gasteiger charge is 2.34. The number of nitrogens with zero attached hydrogens (tertiary/aromatic N) is 1. The van der Waals surface area contributed by atoms with Gasteiger partial charge in [-0.25, -0.2) is 0 Å². The Kier molecular flexibility index (Phi) is 5.10. The summed E-state index contributed by atoms with van der Waals surface area (Å²) in [6.45, 7) is 2.07. The number of hydrogen-bond acceptors (Lipinski definition) is 3. The zero-order valence-electron chi connectivity index (χ0n) is 14.8. The number of amides is 1. The molecule has 3 aromatic rings. The lowest BCUT2D eigenvalue weighted by atomic mass is 10.1. The van der Waals surface area contributed by atoms with Gasteiger partial charge in [0.25, 0.3) is 0 Å². The van der Waals surface area contributed by atoms with Gasteiger partial charge in [-0.2, -0.15) is 0 Å². The summed E-state index contributed by atoms with van der Waals surface area (Å²) in [5, 5.41) is 0.672. The maximum Gasteiger partial charge on any atom is 0.238 e. The predicted molar refractivity (Wildman–Crippen MR) is 112 cm³/mol. The molecule has 0 bridgehead atoms. The van der Waals surface area contributed by atoms with E-state index in [9.17, 15) is 4.79 Å². The molecule has 1 aliphatic heterocycles. The predicted octanol–water partition coefficient (Wildman–Crippen LogP) is 6.22. The quantitative estimate of drug-likeness (QED) is 0.525. The highest BCUT2D eigenvalue weighted by atomic mass is 35.5. The Morgan fingerprint density at radius 2 is 1.67 bits per heavy atom. The normalized spacial score (nSPS) is 16.6. The molecular formula is C22H18ClNO2S. The molecule has 0 saturated carbocycles. The number of rotatable bonds is 4. The fraction of sp³-hybridized carbons (Fsp3) is 0.136. The largest absolute Gasteiger partial charge is 0.457 e. The Hall–Kier alpha value is -2.43. The van der Waals surface area contributed by atoms with Crippen LogP contribution in [-0.2, 0) is 4.79 Å². The molecule has 5 heteroatoms. The third kappa shape index (κ3) is 3.97. The number of carbonyl (C=O) groups is 1. The second kappa shape index (κ2) is 7.67. The molecular weight excluding hydrogens is 378 g/mol. The fourth-order valence-electron chi connectivity index (χ4n) is 3.09. The third-order valence-corrected chi connectivity index (χ3v) is 5.82. The first-order valence-electron chi connectivity index (χ1n) is 8.64. The second-order valence-corrected chi connectivity index (χ2v) is 7.90. The Balaban J connectivity index is 1.56. The molecule has 1 atom stereocenters. The van der Waals surface area contributed by atoms with Crippen LogP contribution in [0, 0.1) is 6.92 Å². The van der Waals surface area contributed by atoms with Crippen LogP contribution in [0.1, 0.15) is 16.5 Å². The average molecular weight is 396 g/mol. The van der Waals surface area contributed by atoms with E-state index < -0.39 is 0 Å². The van der Waals surface area contributed by atoms with Gasteiger partial charge in [-0.3, -0.25) is 9.69 Å². The number of benzene rings is 3. The average Bonchev–Trinajstić information content (AvgIpc) is 3.06. The molecule has 1 saturated heterocycles. The molecule has 1 aliphatic rings. The van der Waals surface area contributed by atoms with E-state index in [1.54, 1.807) is 23.9 Å². The van der Waals surface area contributed by atoms with Crippen LogP contribution >= 0.6 is 23.4 Å². The highest BCUT2D eigenvalue weighted by molar-refractivity contribution is 8.00. The summed E-state index contributed by atoms with van der Waals surface area (Å²) >= 11 is 7.56. The lowest BCUT2D eigenvalue weighted by Gasteiger charge is -2.24. The minimum atomic E-state index is 0.000401. The summed E-state index contributed by atoms with van der Waals surface area (Å²) in [7, 11) is 0. The summed E-state index contributed by atoms with van der Waals surface area (Å²) in [4.78, 5) is 14.4. The van der Waals surface area contributed by atoms with E-state index in [-0.39, 0.29) is 11.3 Å². The van der Waals surface area contributed by atoms with Crippen LogP contribution in [0.15, 0.2) is 72.8 Å². The second-order valence-electron chi connectivity index (χ2n) is 6.39. The molecule has 0 spiro atoms.